The number of nitrogens with one attached hydrogen (secondary N) is 1. The molecule has 1 N–H and O–H groups in total. The number of H-pyrrole nitrogens is 1. The first-order valence-electron chi connectivity index (χ1n) is 5.12. The van der Waals surface area contributed by atoms with Crippen LogP contribution in [0.1, 0.15) is 0 Å². The summed E-state index contributed by atoms with van der Waals surface area (Å²) < 4.78 is 18.2. The largest absolute Gasteiger partial charge is 0.429 e. The van der Waals surface area contributed by atoms with Gasteiger partial charge in [0.2, 0.25) is 0 Å². The van der Waals surface area contributed by atoms with Crippen LogP contribution in [0, 0.1) is 10.7 Å². The summed E-state index contributed by atoms with van der Waals surface area (Å²) in [6, 6.07) is 12.0. The molecule has 84 valence electrons. The van der Waals surface area contributed by atoms with Gasteiger partial charge in [0, 0.05) is 5.56 Å². The van der Waals surface area contributed by atoms with E-state index in [4.69, 9.17) is 16.6 Å². The Balaban J connectivity index is 2.29. The quantitative estimate of drug-likeness (QED) is 0.648. The Kier molecular flexibility index (Phi) is 2.30. The van der Waals surface area contributed by atoms with Gasteiger partial charge in [0.15, 0.2) is 5.58 Å². The van der Waals surface area contributed by atoms with Crippen LogP contribution in [0.2, 0.25) is 0 Å². The van der Waals surface area contributed by atoms with Gasteiger partial charge in [-0.05, 0) is 36.0 Å². The molecule has 0 radical (unpaired) electrons. The van der Waals surface area contributed by atoms with Gasteiger partial charge in [-0.15, -0.1) is 0 Å². The lowest BCUT2D eigenvalue weighted by molar-refractivity contribution is 0.583. The van der Waals surface area contributed by atoms with Crippen LogP contribution in [-0.2, 0) is 0 Å². The monoisotopic (exact) mass is 245 g/mol. The fourth-order valence-electron chi connectivity index (χ4n) is 1.84. The normalized spacial score (nSPS) is 10.9. The second-order valence-corrected chi connectivity index (χ2v) is 4.07. The predicted molar refractivity (Wildman–Crippen MR) is 66.8 cm³/mol. The summed E-state index contributed by atoms with van der Waals surface area (Å²) in [5, 5.41) is 0. The molecule has 2 aromatic carbocycles. The molecule has 1 heterocycles. The van der Waals surface area contributed by atoms with E-state index in [0.29, 0.717) is 10.4 Å². The molecule has 0 bridgehead atoms. The van der Waals surface area contributed by atoms with Crippen LogP contribution in [0.3, 0.4) is 0 Å². The van der Waals surface area contributed by atoms with Crippen molar-refractivity contribution >= 4 is 23.3 Å². The minimum Gasteiger partial charge on any atom is -0.429 e. The number of hydrogen-bond donors (Lipinski definition) is 1. The number of hydrogen-bond acceptors (Lipinski definition) is 2. The highest BCUT2D eigenvalue weighted by Crippen LogP contribution is 2.27. The van der Waals surface area contributed by atoms with E-state index < -0.39 is 0 Å². The molecule has 1 aromatic heterocycles. The molecule has 0 saturated heterocycles. The highest BCUT2D eigenvalue weighted by atomic mass is 32.1. The van der Waals surface area contributed by atoms with Gasteiger partial charge in [0.25, 0.3) is 4.84 Å². The van der Waals surface area contributed by atoms with Gasteiger partial charge < -0.3 is 9.40 Å². The van der Waals surface area contributed by atoms with E-state index in [1.807, 2.05) is 18.2 Å². The minimum atomic E-state index is -0.249. The highest BCUT2D eigenvalue weighted by molar-refractivity contribution is 7.71. The van der Waals surface area contributed by atoms with Gasteiger partial charge in [0.05, 0.1) is 5.52 Å². The van der Waals surface area contributed by atoms with E-state index in [0.717, 1.165) is 16.6 Å². The summed E-state index contributed by atoms with van der Waals surface area (Å²) in [5.74, 6) is -0.249. The molecule has 0 unspecified atom stereocenters. The molecule has 3 aromatic rings. The molecule has 0 spiro atoms. The van der Waals surface area contributed by atoms with Crippen LogP contribution in [0.25, 0.3) is 22.2 Å². The Morgan fingerprint density at radius 1 is 1.06 bits per heavy atom. The average Bonchev–Trinajstić information content (AvgIpc) is 2.70. The van der Waals surface area contributed by atoms with E-state index in [-0.39, 0.29) is 5.82 Å². The lowest BCUT2D eigenvalue weighted by Gasteiger charge is -2.01. The van der Waals surface area contributed by atoms with Gasteiger partial charge >= 0.3 is 0 Å². The lowest BCUT2D eigenvalue weighted by Crippen LogP contribution is -1.81. The molecule has 3 rings (SSSR count). The van der Waals surface area contributed by atoms with Gasteiger partial charge in [-0.3, -0.25) is 0 Å². The zero-order valence-electron chi connectivity index (χ0n) is 8.74. The second-order valence-electron chi connectivity index (χ2n) is 3.70. The van der Waals surface area contributed by atoms with Crippen molar-refractivity contribution in [2.45, 2.75) is 0 Å². The van der Waals surface area contributed by atoms with Gasteiger partial charge in [-0.1, -0.05) is 24.3 Å². The zero-order chi connectivity index (χ0) is 11.8. The second kappa shape index (κ2) is 3.82. The zero-order valence-corrected chi connectivity index (χ0v) is 9.55. The number of para-hydroxylation sites is 1. The van der Waals surface area contributed by atoms with Crippen LogP contribution in [-0.4, -0.2) is 4.98 Å². The molecular weight excluding hydrogens is 237 g/mol. The first kappa shape index (κ1) is 10.2. The first-order valence-corrected chi connectivity index (χ1v) is 5.52. The molecule has 2 nitrogen and oxygen atoms in total. The fraction of sp³-hybridized carbons (Fsp3) is 0. The van der Waals surface area contributed by atoms with Crippen molar-refractivity contribution < 1.29 is 8.81 Å². The van der Waals surface area contributed by atoms with Crippen molar-refractivity contribution in [1.29, 1.82) is 0 Å². The maximum Gasteiger partial charge on any atom is 0.266 e. The Hall–Kier alpha value is -1.94. The van der Waals surface area contributed by atoms with Crippen LogP contribution in [0.15, 0.2) is 46.9 Å². The SMILES string of the molecule is Fc1ccc(-c2cccc3oc(=S)[nH]c23)cc1. The summed E-state index contributed by atoms with van der Waals surface area (Å²) in [7, 11) is 0. The third-order valence-corrected chi connectivity index (χ3v) is 2.80. The third kappa shape index (κ3) is 1.76. The highest BCUT2D eigenvalue weighted by Gasteiger charge is 2.06. The summed E-state index contributed by atoms with van der Waals surface area (Å²) in [4.78, 5) is 3.34. The van der Waals surface area contributed by atoms with Crippen LogP contribution >= 0.6 is 12.2 Å². The number of oxazole rings is 1. The maximum atomic E-state index is 12.9. The molecule has 0 fully saturated rings. The van der Waals surface area contributed by atoms with Crippen molar-refractivity contribution in [3.63, 3.8) is 0 Å². The Labute approximate surface area is 102 Å². The topological polar surface area (TPSA) is 28.9 Å². The fourth-order valence-corrected chi connectivity index (χ4v) is 2.03. The van der Waals surface area contributed by atoms with Crippen molar-refractivity contribution in [2.75, 3.05) is 0 Å². The molecule has 17 heavy (non-hydrogen) atoms. The number of aromatic amines is 1. The molecule has 0 saturated carbocycles. The Morgan fingerprint density at radius 2 is 1.82 bits per heavy atom. The van der Waals surface area contributed by atoms with Crippen LogP contribution in [0.5, 0.6) is 0 Å². The van der Waals surface area contributed by atoms with Gasteiger partial charge in [-0.2, -0.15) is 0 Å². The van der Waals surface area contributed by atoms with E-state index in [1.54, 1.807) is 12.1 Å². The molecule has 0 aliphatic heterocycles. The smallest absolute Gasteiger partial charge is 0.266 e. The molecule has 0 aliphatic rings. The number of benzene rings is 2. The summed E-state index contributed by atoms with van der Waals surface area (Å²) in [6.45, 7) is 0. The molecule has 0 atom stereocenters. The van der Waals surface area contributed by atoms with Crippen molar-refractivity contribution in [3.05, 3.63) is 53.1 Å². The number of halogens is 1. The first-order chi connectivity index (χ1) is 8.24. The number of rotatable bonds is 1. The molecule has 0 amide bonds. The minimum absolute atomic E-state index is 0.249. The summed E-state index contributed by atoms with van der Waals surface area (Å²) in [5.41, 5.74) is 3.41. The summed E-state index contributed by atoms with van der Waals surface area (Å²) >= 11 is 4.96. The van der Waals surface area contributed by atoms with Crippen LogP contribution in [0.4, 0.5) is 4.39 Å². The lowest BCUT2D eigenvalue weighted by atomic mass is 10.0. The van der Waals surface area contributed by atoms with E-state index in [1.165, 1.54) is 12.1 Å². The Morgan fingerprint density at radius 3 is 2.59 bits per heavy atom. The molecule has 4 heteroatoms. The predicted octanol–water partition coefficient (Wildman–Crippen LogP) is 4.30. The van der Waals surface area contributed by atoms with Crippen molar-refractivity contribution in [1.82, 2.24) is 4.98 Å². The number of fused-ring (bicyclic) bond motifs is 1. The van der Waals surface area contributed by atoms with Crippen LogP contribution < -0.4 is 0 Å². The van der Waals surface area contributed by atoms with Gasteiger partial charge in [-0.25, -0.2) is 4.39 Å². The third-order valence-electron chi connectivity index (χ3n) is 2.61. The van der Waals surface area contributed by atoms with E-state index in [2.05, 4.69) is 4.98 Å². The maximum absolute atomic E-state index is 12.9. The summed E-state index contributed by atoms with van der Waals surface area (Å²) in [6.07, 6.45) is 0. The van der Waals surface area contributed by atoms with Crippen molar-refractivity contribution in [3.8, 4) is 11.1 Å². The molecular formula is C13H8FNOS. The van der Waals surface area contributed by atoms with Crippen molar-refractivity contribution in [2.24, 2.45) is 0 Å². The number of aromatic nitrogens is 1. The van der Waals surface area contributed by atoms with E-state index >= 15 is 0 Å². The van der Waals surface area contributed by atoms with E-state index in [9.17, 15) is 4.39 Å². The van der Waals surface area contributed by atoms with Gasteiger partial charge in [0.1, 0.15) is 5.82 Å². The molecule has 0 aliphatic carbocycles. The average molecular weight is 245 g/mol. The Bertz CT molecular complexity index is 727. The standard InChI is InChI=1S/C13H8FNOS/c14-9-6-4-8(5-7-9)10-2-1-3-11-12(10)15-13(17)16-11/h1-7H,(H,15,17).